The average molecular weight is 358 g/mol. The molecule has 0 radical (unpaired) electrons. The van der Waals surface area contributed by atoms with Gasteiger partial charge in [-0.25, -0.2) is 4.98 Å². The van der Waals surface area contributed by atoms with Crippen LogP contribution >= 0.6 is 23.4 Å². The van der Waals surface area contributed by atoms with Gasteiger partial charge in [0.1, 0.15) is 5.75 Å². The number of benzene rings is 2. The van der Waals surface area contributed by atoms with Crippen molar-refractivity contribution >= 4 is 34.3 Å². The van der Waals surface area contributed by atoms with Gasteiger partial charge in [-0.3, -0.25) is 0 Å². The van der Waals surface area contributed by atoms with Crippen LogP contribution in [0.4, 0.5) is 0 Å². The molecule has 0 amide bonds. The van der Waals surface area contributed by atoms with Gasteiger partial charge in [0.15, 0.2) is 0 Å². The number of thioether (sulfide) groups is 1. The lowest BCUT2D eigenvalue weighted by Gasteiger charge is -2.10. The van der Waals surface area contributed by atoms with Crippen LogP contribution in [0.1, 0.15) is 16.7 Å². The Hall–Kier alpha value is -1.71. The van der Waals surface area contributed by atoms with Crippen LogP contribution < -0.4 is 4.74 Å². The molecule has 0 unspecified atom stereocenters. The minimum Gasteiger partial charge on any atom is -0.491 e. The molecule has 4 heteroatoms. The number of hydrogen-bond donors (Lipinski definition) is 0. The van der Waals surface area contributed by atoms with E-state index >= 15 is 0 Å². The number of hydrogen-bond acceptors (Lipinski definition) is 3. The Bertz CT molecular complexity index is 879. The van der Waals surface area contributed by atoms with Gasteiger partial charge in [-0.15, -0.1) is 11.8 Å². The Kier molecular flexibility index (Phi) is 5.32. The first kappa shape index (κ1) is 17.1. The summed E-state index contributed by atoms with van der Waals surface area (Å²) >= 11 is 7.80. The Balaban J connectivity index is 1.69. The van der Waals surface area contributed by atoms with Crippen molar-refractivity contribution in [1.29, 1.82) is 0 Å². The number of para-hydroxylation sites is 1. The smallest absolute Gasteiger partial charge is 0.137 e. The van der Waals surface area contributed by atoms with Gasteiger partial charge in [-0.05, 0) is 56.2 Å². The summed E-state index contributed by atoms with van der Waals surface area (Å²) in [5.74, 6) is 1.56. The van der Waals surface area contributed by atoms with Gasteiger partial charge in [0.25, 0.3) is 0 Å². The molecular weight excluding hydrogens is 338 g/mol. The van der Waals surface area contributed by atoms with Crippen molar-refractivity contribution in [3.05, 3.63) is 64.2 Å². The lowest BCUT2D eigenvalue weighted by atomic mass is 10.0. The SMILES string of the molecule is Cc1cc(C)c2nc(SCCOc3ccccc3Cl)cc(C)c2c1. The minimum atomic E-state index is 0.597. The third kappa shape index (κ3) is 3.85. The van der Waals surface area contributed by atoms with Crippen LogP contribution in [-0.2, 0) is 0 Å². The molecule has 124 valence electrons. The standard InChI is InChI=1S/C20H20ClNOS/c1-13-10-15(3)20-16(11-13)14(2)12-19(22-20)24-9-8-23-18-7-5-4-6-17(18)21/h4-7,10-12H,8-9H2,1-3H3. The maximum Gasteiger partial charge on any atom is 0.137 e. The minimum absolute atomic E-state index is 0.597. The summed E-state index contributed by atoms with van der Waals surface area (Å²) in [4.78, 5) is 4.82. The number of fused-ring (bicyclic) bond motifs is 1. The fourth-order valence-electron chi connectivity index (χ4n) is 2.75. The maximum absolute atomic E-state index is 6.09. The summed E-state index contributed by atoms with van der Waals surface area (Å²) in [6, 6.07) is 14.1. The van der Waals surface area contributed by atoms with E-state index in [1.165, 1.54) is 22.1 Å². The molecule has 2 aromatic carbocycles. The molecule has 0 fully saturated rings. The molecule has 1 aromatic heterocycles. The van der Waals surface area contributed by atoms with Crippen molar-refractivity contribution < 1.29 is 4.74 Å². The van der Waals surface area contributed by atoms with Crippen LogP contribution in [0.25, 0.3) is 10.9 Å². The highest BCUT2D eigenvalue weighted by molar-refractivity contribution is 7.99. The van der Waals surface area contributed by atoms with Crippen molar-refractivity contribution in [2.75, 3.05) is 12.4 Å². The average Bonchev–Trinajstić information content (AvgIpc) is 2.54. The number of rotatable bonds is 5. The molecule has 3 aromatic rings. The van der Waals surface area contributed by atoms with Gasteiger partial charge >= 0.3 is 0 Å². The fraction of sp³-hybridized carbons (Fsp3) is 0.250. The molecule has 3 rings (SSSR count). The number of aromatic nitrogens is 1. The second-order valence-corrected chi connectivity index (χ2v) is 7.41. The normalized spacial score (nSPS) is 11.0. The van der Waals surface area contributed by atoms with Crippen LogP contribution in [0.3, 0.4) is 0 Å². The summed E-state index contributed by atoms with van der Waals surface area (Å²) in [6.07, 6.45) is 0. The van der Waals surface area contributed by atoms with Crippen LogP contribution in [0.5, 0.6) is 5.75 Å². The molecule has 0 aliphatic carbocycles. The Morgan fingerprint density at radius 1 is 1.04 bits per heavy atom. The van der Waals surface area contributed by atoms with Gasteiger partial charge in [-0.2, -0.15) is 0 Å². The van der Waals surface area contributed by atoms with Crippen LogP contribution in [-0.4, -0.2) is 17.3 Å². The van der Waals surface area contributed by atoms with Gasteiger partial charge in [0.2, 0.25) is 0 Å². The van der Waals surface area contributed by atoms with Crippen LogP contribution in [0.15, 0.2) is 47.5 Å². The van der Waals surface area contributed by atoms with E-state index in [0.717, 1.165) is 22.0 Å². The molecule has 0 saturated heterocycles. The van der Waals surface area contributed by atoms with Gasteiger partial charge in [0, 0.05) is 11.1 Å². The van der Waals surface area contributed by atoms with Crippen LogP contribution in [0.2, 0.25) is 5.02 Å². The zero-order chi connectivity index (χ0) is 17.1. The number of ether oxygens (including phenoxy) is 1. The van der Waals surface area contributed by atoms with E-state index in [1.54, 1.807) is 11.8 Å². The largest absolute Gasteiger partial charge is 0.491 e. The van der Waals surface area contributed by atoms with Crippen LogP contribution in [0, 0.1) is 20.8 Å². The molecule has 1 heterocycles. The Morgan fingerprint density at radius 3 is 2.62 bits per heavy atom. The lowest BCUT2D eigenvalue weighted by molar-refractivity contribution is 0.344. The Labute approximate surface area is 152 Å². The number of aryl methyl sites for hydroxylation is 3. The number of pyridine rings is 1. The number of halogens is 1. The highest BCUT2D eigenvalue weighted by Gasteiger charge is 2.07. The van der Waals surface area contributed by atoms with Crippen molar-refractivity contribution in [2.24, 2.45) is 0 Å². The summed E-state index contributed by atoms with van der Waals surface area (Å²) in [5, 5.41) is 2.92. The van der Waals surface area contributed by atoms with Gasteiger partial charge < -0.3 is 4.74 Å². The highest BCUT2D eigenvalue weighted by Crippen LogP contribution is 2.27. The predicted octanol–water partition coefficient (Wildman–Crippen LogP) is 5.98. The zero-order valence-electron chi connectivity index (χ0n) is 14.1. The quantitative estimate of drug-likeness (QED) is 0.414. The second kappa shape index (κ2) is 7.45. The molecule has 0 aliphatic heterocycles. The van der Waals surface area contributed by atoms with Crippen molar-refractivity contribution in [1.82, 2.24) is 4.98 Å². The van der Waals surface area contributed by atoms with E-state index in [4.69, 9.17) is 21.3 Å². The Morgan fingerprint density at radius 2 is 1.83 bits per heavy atom. The van der Waals surface area contributed by atoms with E-state index < -0.39 is 0 Å². The number of nitrogens with zero attached hydrogens (tertiary/aromatic N) is 1. The summed E-state index contributed by atoms with van der Waals surface area (Å²) < 4.78 is 5.74. The van der Waals surface area contributed by atoms with E-state index in [9.17, 15) is 0 Å². The second-order valence-electron chi connectivity index (χ2n) is 5.88. The lowest BCUT2D eigenvalue weighted by Crippen LogP contribution is -2.01. The monoisotopic (exact) mass is 357 g/mol. The topological polar surface area (TPSA) is 22.1 Å². The molecule has 24 heavy (non-hydrogen) atoms. The van der Waals surface area contributed by atoms with Crippen molar-refractivity contribution in [3.63, 3.8) is 0 Å². The summed E-state index contributed by atoms with van der Waals surface area (Å²) in [6.45, 7) is 6.99. The van der Waals surface area contributed by atoms with E-state index in [0.29, 0.717) is 11.6 Å². The maximum atomic E-state index is 6.09. The first-order valence-electron chi connectivity index (χ1n) is 7.93. The molecule has 0 saturated carbocycles. The predicted molar refractivity (Wildman–Crippen MR) is 104 cm³/mol. The molecule has 0 aliphatic rings. The highest BCUT2D eigenvalue weighted by atomic mass is 35.5. The van der Waals surface area contributed by atoms with E-state index in [2.05, 4.69) is 39.0 Å². The first-order valence-corrected chi connectivity index (χ1v) is 9.29. The third-order valence-corrected chi connectivity index (χ3v) is 5.05. The third-order valence-electron chi connectivity index (χ3n) is 3.86. The molecule has 0 spiro atoms. The molecule has 0 atom stereocenters. The zero-order valence-corrected chi connectivity index (χ0v) is 15.7. The molecule has 2 nitrogen and oxygen atoms in total. The van der Waals surface area contributed by atoms with Crippen molar-refractivity contribution in [3.8, 4) is 5.75 Å². The molecular formula is C20H20ClNOS. The molecule has 0 N–H and O–H groups in total. The van der Waals surface area contributed by atoms with E-state index in [1.807, 2.05) is 24.3 Å². The first-order chi connectivity index (χ1) is 11.5. The fourth-order valence-corrected chi connectivity index (χ4v) is 3.73. The molecule has 0 bridgehead atoms. The van der Waals surface area contributed by atoms with Crippen molar-refractivity contribution in [2.45, 2.75) is 25.8 Å². The van der Waals surface area contributed by atoms with E-state index in [-0.39, 0.29) is 0 Å². The van der Waals surface area contributed by atoms with Gasteiger partial charge in [-0.1, -0.05) is 35.4 Å². The summed E-state index contributed by atoms with van der Waals surface area (Å²) in [7, 11) is 0. The van der Waals surface area contributed by atoms with Gasteiger partial charge in [0.05, 0.1) is 22.2 Å². The summed E-state index contributed by atoms with van der Waals surface area (Å²) in [5.41, 5.74) is 4.86.